The molecule has 1 heterocycles. The van der Waals surface area contributed by atoms with E-state index >= 15 is 0 Å². The van der Waals surface area contributed by atoms with Gasteiger partial charge in [0.05, 0.1) is 5.69 Å². The molecule has 2 aromatic rings. The number of halogens is 1. The summed E-state index contributed by atoms with van der Waals surface area (Å²) in [6, 6.07) is 8.04. The van der Waals surface area contributed by atoms with Crippen LogP contribution < -0.4 is 0 Å². The van der Waals surface area contributed by atoms with Crippen LogP contribution in [0.3, 0.4) is 0 Å². The Morgan fingerprint density at radius 2 is 2.15 bits per heavy atom. The maximum Gasteiger partial charge on any atom is 0.272 e. The van der Waals surface area contributed by atoms with Crippen LogP contribution in [0.5, 0.6) is 0 Å². The molecule has 1 amide bonds. The molecule has 4 nitrogen and oxygen atoms in total. The Balaban J connectivity index is 2.16. The Morgan fingerprint density at radius 1 is 1.40 bits per heavy atom. The number of hydrogen-bond acceptors (Lipinski definition) is 2. The van der Waals surface area contributed by atoms with Crippen molar-refractivity contribution < 1.29 is 9.18 Å². The van der Waals surface area contributed by atoms with Gasteiger partial charge in [-0.3, -0.25) is 9.48 Å². The molecule has 0 atom stereocenters. The lowest BCUT2D eigenvalue weighted by Gasteiger charge is -2.17. The SMILES string of the molecule is CCn1nc(C)cc1C(=O)N(C)Cc1cccc(F)c1. The van der Waals surface area contributed by atoms with Gasteiger partial charge in [0.2, 0.25) is 0 Å². The minimum Gasteiger partial charge on any atom is -0.336 e. The van der Waals surface area contributed by atoms with Crippen LogP contribution in [0.1, 0.15) is 28.7 Å². The first-order chi connectivity index (χ1) is 9.51. The molecule has 5 heteroatoms. The maximum absolute atomic E-state index is 13.1. The van der Waals surface area contributed by atoms with Gasteiger partial charge in [-0.1, -0.05) is 12.1 Å². The molecule has 0 aliphatic carbocycles. The Morgan fingerprint density at radius 3 is 2.80 bits per heavy atom. The van der Waals surface area contributed by atoms with Crippen molar-refractivity contribution in [2.24, 2.45) is 0 Å². The fourth-order valence-electron chi connectivity index (χ4n) is 2.14. The molecule has 1 aromatic heterocycles. The number of rotatable bonds is 4. The summed E-state index contributed by atoms with van der Waals surface area (Å²) in [6.07, 6.45) is 0. The molecular weight excluding hydrogens is 257 g/mol. The molecule has 0 aliphatic rings. The predicted molar refractivity (Wildman–Crippen MR) is 74.8 cm³/mol. The second-order valence-electron chi connectivity index (χ2n) is 4.78. The molecular formula is C15H18FN3O. The first kappa shape index (κ1) is 14.2. The zero-order valence-electron chi connectivity index (χ0n) is 11.9. The molecule has 0 saturated heterocycles. The number of aryl methyl sites for hydroxylation is 2. The van der Waals surface area contributed by atoms with Crippen molar-refractivity contribution in [3.8, 4) is 0 Å². The van der Waals surface area contributed by atoms with E-state index in [0.29, 0.717) is 18.8 Å². The van der Waals surface area contributed by atoms with Gasteiger partial charge in [-0.15, -0.1) is 0 Å². The zero-order valence-corrected chi connectivity index (χ0v) is 11.9. The summed E-state index contributed by atoms with van der Waals surface area (Å²) in [7, 11) is 1.70. The molecule has 106 valence electrons. The number of carbonyl (C=O) groups is 1. The minimum atomic E-state index is -0.294. The minimum absolute atomic E-state index is 0.114. The smallest absolute Gasteiger partial charge is 0.272 e. The van der Waals surface area contributed by atoms with Gasteiger partial charge in [0.15, 0.2) is 0 Å². The summed E-state index contributed by atoms with van der Waals surface area (Å²) in [4.78, 5) is 14.0. The van der Waals surface area contributed by atoms with Crippen molar-refractivity contribution in [1.82, 2.24) is 14.7 Å². The first-order valence-electron chi connectivity index (χ1n) is 6.55. The third-order valence-electron chi connectivity index (χ3n) is 3.08. The van der Waals surface area contributed by atoms with E-state index in [-0.39, 0.29) is 11.7 Å². The second kappa shape index (κ2) is 5.86. The number of benzene rings is 1. The van der Waals surface area contributed by atoms with E-state index in [9.17, 15) is 9.18 Å². The van der Waals surface area contributed by atoms with Crippen LogP contribution in [0.4, 0.5) is 4.39 Å². The van der Waals surface area contributed by atoms with E-state index in [2.05, 4.69) is 5.10 Å². The number of aromatic nitrogens is 2. The number of carbonyl (C=O) groups excluding carboxylic acids is 1. The van der Waals surface area contributed by atoms with Gasteiger partial charge in [0.1, 0.15) is 11.5 Å². The fraction of sp³-hybridized carbons (Fsp3) is 0.333. The predicted octanol–water partition coefficient (Wildman–Crippen LogP) is 2.62. The number of nitrogens with zero attached hydrogens (tertiary/aromatic N) is 3. The summed E-state index contributed by atoms with van der Waals surface area (Å²) in [5.74, 6) is -0.408. The van der Waals surface area contributed by atoms with Gasteiger partial charge in [0, 0.05) is 20.1 Å². The highest BCUT2D eigenvalue weighted by Crippen LogP contribution is 2.11. The van der Waals surface area contributed by atoms with Crippen molar-refractivity contribution in [3.05, 3.63) is 53.1 Å². The Kier molecular flexibility index (Phi) is 4.17. The van der Waals surface area contributed by atoms with Crippen molar-refractivity contribution >= 4 is 5.91 Å². The van der Waals surface area contributed by atoms with Crippen LogP contribution in [0.2, 0.25) is 0 Å². The van der Waals surface area contributed by atoms with Gasteiger partial charge in [-0.25, -0.2) is 4.39 Å². The quantitative estimate of drug-likeness (QED) is 0.860. The lowest BCUT2D eigenvalue weighted by atomic mass is 10.2. The highest BCUT2D eigenvalue weighted by Gasteiger charge is 2.17. The van der Waals surface area contributed by atoms with Gasteiger partial charge in [-0.05, 0) is 37.6 Å². The molecule has 1 aromatic carbocycles. The first-order valence-corrected chi connectivity index (χ1v) is 6.55. The van der Waals surface area contributed by atoms with Crippen molar-refractivity contribution in [1.29, 1.82) is 0 Å². The van der Waals surface area contributed by atoms with Gasteiger partial charge >= 0.3 is 0 Å². The van der Waals surface area contributed by atoms with Crippen LogP contribution in [0.15, 0.2) is 30.3 Å². The fourth-order valence-corrected chi connectivity index (χ4v) is 2.14. The van der Waals surface area contributed by atoms with Crippen molar-refractivity contribution in [3.63, 3.8) is 0 Å². The van der Waals surface area contributed by atoms with Crippen LogP contribution in [-0.2, 0) is 13.1 Å². The molecule has 0 N–H and O–H groups in total. The molecule has 20 heavy (non-hydrogen) atoms. The summed E-state index contributed by atoms with van der Waals surface area (Å²) in [5.41, 5.74) is 2.14. The van der Waals surface area contributed by atoms with Crippen molar-refractivity contribution in [2.45, 2.75) is 26.9 Å². The van der Waals surface area contributed by atoms with E-state index in [0.717, 1.165) is 11.3 Å². The van der Waals surface area contributed by atoms with Crippen LogP contribution in [0, 0.1) is 12.7 Å². The molecule has 0 spiro atoms. The Bertz CT molecular complexity index is 621. The number of amides is 1. The Labute approximate surface area is 117 Å². The highest BCUT2D eigenvalue weighted by molar-refractivity contribution is 5.92. The topological polar surface area (TPSA) is 38.1 Å². The number of hydrogen-bond donors (Lipinski definition) is 0. The molecule has 0 bridgehead atoms. The molecule has 2 rings (SSSR count). The summed E-state index contributed by atoms with van der Waals surface area (Å²) < 4.78 is 14.8. The lowest BCUT2D eigenvalue weighted by Crippen LogP contribution is -2.28. The maximum atomic E-state index is 13.1. The monoisotopic (exact) mass is 275 g/mol. The molecule has 0 saturated carbocycles. The standard InChI is InChI=1S/C15H18FN3O/c1-4-19-14(8-11(2)17-19)15(20)18(3)10-12-6-5-7-13(16)9-12/h5-9H,4,10H2,1-3H3. The molecule has 0 unspecified atom stereocenters. The molecule has 0 radical (unpaired) electrons. The van der Waals surface area contributed by atoms with E-state index in [4.69, 9.17) is 0 Å². The van der Waals surface area contributed by atoms with Gasteiger partial charge in [-0.2, -0.15) is 5.10 Å². The van der Waals surface area contributed by atoms with Crippen LogP contribution >= 0.6 is 0 Å². The normalized spacial score (nSPS) is 10.6. The third-order valence-corrected chi connectivity index (χ3v) is 3.08. The second-order valence-corrected chi connectivity index (χ2v) is 4.78. The average molecular weight is 275 g/mol. The lowest BCUT2D eigenvalue weighted by molar-refractivity contribution is 0.0772. The largest absolute Gasteiger partial charge is 0.336 e. The van der Waals surface area contributed by atoms with E-state index in [1.807, 2.05) is 13.8 Å². The molecule has 0 aliphatic heterocycles. The molecule has 0 fully saturated rings. The van der Waals surface area contributed by atoms with E-state index in [1.165, 1.54) is 12.1 Å². The highest BCUT2D eigenvalue weighted by atomic mass is 19.1. The van der Waals surface area contributed by atoms with Gasteiger partial charge < -0.3 is 4.90 Å². The average Bonchev–Trinajstić information content (AvgIpc) is 2.79. The van der Waals surface area contributed by atoms with E-state index < -0.39 is 0 Å². The van der Waals surface area contributed by atoms with E-state index in [1.54, 1.807) is 34.8 Å². The van der Waals surface area contributed by atoms with Crippen LogP contribution in [-0.4, -0.2) is 27.6 Å². The van der Waals surface area contributed by atoms with Crippen molar-refractivity contribution in [2.75, 3.05) is 7.05 Å². The summed E-state index contributed by atoms with van der Waals surface area (Å²) >= 11 is 0. The zero-order chi connectivity index (χ0) is 14.7. The van der Waals surface area contributed by atoms with Crippen LogP contribution in [0.25, 0.3) is 0 Å². The summed E-state index contributed by atoms with van der Waals surface area (Å²) in [6.45, 7) is 4.80. The van der Waals surface area contributed by atoms with Gasteiger partial charge in [0.25, 0.3) is 5.91 Å². The Hall–Kier alpha value is -2.17. The third kappa shape index (κ3) is 3.04. The summed E-state index contributed by atoms with van der Waals surface area (Å²) in [5, 5.41) is 4.26.